The fourth-order valence-electron chi connectivity index (χ4n) is 5.49. The Kier molecular flexibility index (Phi) is 3.55. The second-order valence-corrected chi connectivity index (χ2v) is 9.22. The summed E-state index contributed by atoms with van der Waals surface area (Å²) >= 11 is 3.20. The number of fused-ring (bicyclic) bond motifs is 1. The lowest BCUT2D eigenvalue weighted by atomic mass is 9.48. The smallest absolute Gasteiger partial charge is 0.132 e. The van der Waals surface area contributed by atoms with Gasteiger partial charge in [0.1, 0.15) is 11.6 Å². The molecule has 4 aliphatic rings. The summed E-state index contributed by atoms with van der Waals surface area (Å²) in [5.74, 6) is -0.180. The van der Waals surface area contributed by atoms with E-state index < -0.39 is 17.7 Å². The lowest BCUT2D eigenvalue weighted by Gasteiger charge is -2.70. The standard InChI is InChI=1S/C21H21BrF2N2/c1-11-4-13-5-15(25)2-3-16(13)20(26(11)21-8-12(9-21)10-21)19-17(23)6-14(22)7-18(19)24/h2-3,5-7,11-12,20H,4,8-10,25H2,1H3. The molecule has 0 radical (unpaired) electrons. The van der Waals surface area contributed by atoms with Crippen LogP contribution in [0.5, 0.6) is 0 Å². The molecule has 26 heavy (non-hydrogen) atoms. The number of hydrogen-bond acceptors (Lipinski definition) is 2. The third kappa shape index (κ3) is 2.23. The van der Waals surface area contributed by atoms with Crippen LogP contribution in [0, 0.1) is 17.6 Å². The number of benzene rings is 2. The summed E-state index contributed by atoms with van der Waals surface area (Å²) in [4.78, 5) is 2.40. The topological polar surface area (TPSA) is 29.3 Å². The summed E-state index contributed by atoms with van der Waals surface area (Å²) in [6, 6.07) is 8.33. The molecule has 136 valence electrons. The molecule has 2 nitrogen and oxygen atoms in total. The van der Waals surface area contributed by atoms with E-state index in [0.29, 0.717) is 10.2 Å². The van der Waals surface area contributed by atoms with Crippen LogP contribution < -0.4 is 5.73 Å². The molecule has 3 fully saturated rings. The fourth-order valence-corrected chi connectivity index (χ4v) is 5.89. The normalized spacial score (nSPS) is 32.5. The Balaban J connectivity index is 1.72. The van der Waals surface area contributed by atoms with Crippen LogP contribution in [-0.4, -0.2) is 16.5 Å². The number of nitrogens with two attached hydrogens (primary N) is 1. The third-order valence-corrected chi connectivity index (χ3v) is 7.06. The number of halogens is 3. The van der Waals surface area contributed by atoms with Crippen molar-refractivity contribution in [2.75, 3.05) is 5.73 Å². The highest BCUT2D eigenvalue weighted by Gasteiger charge is 2.63. The minimum Gasteiger partial charge on any atom is -0.399 e. The maximum Gasteiger partial charge on any atom is 0.132 e. The van der Waals surface area contributed by atoms with E-state index in [4.69, 9.17) is 5.73 Å². The molecule has 2 N–H and O–H groups in total. The van der Waals surface area contributed by atoms with E-state index >= 15 is 0 Å². The molecule has 2 unspecified atom stereocenters. The van der Waals surface area contributed by atoms with Crippen molar-refractivity contribution in [3.05, 3.63) is 63.1 Å². The fraction of sp³-hybridized carbons (Fsp3) is 0.429. The van der Waals surface area contributed by atoms with Crippen molar-refractivity contribution >= 4 is 21.6 Å². The minimum atomic E-state index is -0.490. The van der Waals surface area contributed by atoms with Gasteiger partial charge >= 0.3 is 0 Å². The largest absolute Gasteiger partial charge is 0.399 e. The molecule has 2 aromatic carbocycles. The average molecular weight is 419 g/mol. The van der Waals surface area contributed by atoms with E-state index in [2.05, 4.69) is 27.8 Å². The predicted molar refractivity (Wildman–Crippen MR) is 102 cm³/mol. The van der Waals surface area contributed by atoms with Gasteiger partial charge in [-0.1, -0.05) is 22.0 Å². The van der Waals surface area contributed by atoms with Gasteiger partial charge in [-0.05, 0) is 73.9 Å². The van der Waals surface area contributed by atoms with Gasteiger partial charge in [0.15, 0.2) is 0 Å². The monoisotopic (exact) mass is 418 g/mol. The van der Waals surface area contributed by atoms with Crippen LogP contribution in [0.4, 0.5) is 14.5 Å². The zero-order chi connectivity index (χ0) is 18.2. The van der Waals surface area contributed by atoms with Gasteiger partial charge in [0.2, 0.25) is 0 Å². The summed E-state index contributed by atoms with van der Waals surface area (Å²) < 4.78 is 30.4. The lowest BCUT2D eigenvalue weighted by molar-refractivity contribution is -0.174. The van der Waals surface area contributed by atoms with E-state index in [1.807, 2.05) is 18.2 Å². The van der Waals surface area contributed by atoms with Crippen LogP contribution in [0.3, 0.4) is 0 Å². The van der Waals surface area contributed by atoms with Crippen LogP contribution in [0.25, 0.3) is 0 Å². The Morgan fingerprint density at radius 2 is 1.77 bits per heavy atom. The maximum absolute atomic E-state index is 15.0. The van der Waals surface area contributed by atoms with Crippen molar-refractivity contribution in [2.45, 2.75) is 50.2 Å². The summed E-state index contributed by atoms with van der Waals surface area (Å²) in [6.07, 6.45) is 4.32. The molecular formula is C21H21BrF2N2. The van der Waals surface area contributed by atoms with Crippen LogP contribution in [0.2, 0.25) is 0 Å². The summed E-state index contributed by atoms with van der Waals surface area (Å²) in [5.41, 5.74) is 9.05. The summed E-state index contributed by atoms with van der Waals surface area (Å²) in [6.45, 7) is 2.17. The van der Waals surface area contributed by atoms with Gasteiger partial charge in [0, 0.05) is 27.3 Å². The lowest BCUT2D eigenvalue weighted by Crippen LogP contribution is -2.71. The average Bonchev–Trinajstić information content (AvgIpc) is 2.45. The number of nitrogens with zero attached hydrogens (tertiary/aromatic N) is 1. The van der Waals surface area contributed by atoms with Gasteiger partial charge in [-0.3, -0.25) is 4.90 Å². The number of anilines is 1. The van der Waals surface area contributed by atoms with Crippen molar-refractivity contribution in [1.29, 1.82) is 0 Å². The molecule has 6 rings (SSSR count). The van der Waals surface area contributed by atoms with Gasteiger partial charge in [0.05, 0.1) is 6.04 Å². The number of rotatable bonds is 2. The molecule has 3 saturated carbocycles. The molecule has 2 aromatic rings. The Morgan fingerprint density at radius 1 is 1.12 bits per heavy atom. The van der Waals surface area contributed by atoms with E-state index in [9.17, 15) is 8.78 Å². The van der Waals surface area contributed by atoms with Crippen LogP contribution >= 0.6 is 15.9 Å². The molecule has 0 amide bonds. The molecule has 1 heterocycles. The Hall–Kier alpha value is -1.46. The van der Waals surface area contributed by atoms with E-state index in [0.717, 1.165) is 42.7 Å². The van der Waals surface area contributed by atoms with Crippen molar-refractivity contribution in [2.24, 2.45) is 5.92 Å². The highest BCUT2D eigenvalue weighted by molar-refractivity contribution is 9.10. The Morgan fingerprint density at radius 3 is 2.35 bits per heavy atom. The predicted octanol–water partition coefficient (Wildman–Crippen LogP) is 5.20. The van der Waals surface area contributed by atoms with Crippen molar-refractivity contribution < 1.29 is 8.78 Å². The van der Waals surface area contributed by atoms with E-state index in [-0.39, 0.29) is 17.1 Å². The zero-order valence-electron chi connectivity index (χ0n) is 14.6. The minimum absolute atomic E-state index is 0.111. The van der Waals surface area contributed by atoms with Crippen LogP contribution in [0.1, 0.15) is 48.9 Å². The number of hydrogen-bond donors (Lipinski definition) is 1. The van der Waals surface area contributed by atoms with Crippen molar-refractivity contribution in [1.82, 2.24) is 4.90 Å². The third-order valence-electron chi connectivity index (χ3n) is 6.60. The van der Waals surface area contributed by atoms with Crippen molar-refractivity contribution in [3.63, 3.8) is 0 Å². The van der Waals surface area contributed by atoms with Crippen molar-refractivity contribution in [3.8, 4) is 0 Å². The van der Waals surface area contributed by atoms with Crippen LogP contribution in [0.15, 0.2) is 34.8 Å². The first-order valence-corrected chi connectivity index (χ1v) is 9.98. The first-order valence-electron chi connectivity index (χ1n) is 9.19. The molecular weight excluding hydrogens is 398 g/mol. The van der Waals surface area contributed by atoms with Gasteiger partial charge in [-0.15, -0.1) is 0 Å². The van der Waals surface area contributed by atoms with Gasteiger partial charge in [-0.25, -0.2) is 8.78 Å². The molecule has 2 atom stereocenters. The quantitative estimate of drug-likeness (QED) is 0.679. The highest BCUT2D eigenvalue weighted by Crippen LogP contribution is 2.64. The molecule has 0 saturated heterocycles. The van der Waals surface area contributed by atoms with E-state index in [1.165, 1.54) is 12.1 Å². The Labute approximate surface area is 160 Å². The molecule has 3 aliphatic carbocycles. The molecule has 5 heteroatoms. The zero-order valence-corrected chi connectivity index (χ0v) is 16.2. The maximum atomic E-state index is 15.0. The van der Waals surface area contributed by atoms with Gasteiger partial charge < -0.3 is 5.73 Å². The second kappa shape index (κ2) is 5.52. The molecule has 1 aliphatic heterocycles. The van der Waals surface area contributed by atoms with Gasteiger partial charge in [-0.2, -0.15) is 0 Å². The summed E-state index contributed by atoms with van der Waals surface area (Å²) in [5, 5.41) is 0. The number of nitrogen functional groups attached to an aromatic ring is 1. The SMILES string of the molecule is CC1Cc2cc(N)ccc2C(c2c(F)cc(Br)cc2F)N1C12CC(C1)C2. The first-order chi connectivity index (χ1) is 12.4. The molecule has 0 aromatic heterocycles. The van der Waals surface area contributed by atoms with Gasteiger partial charge in [0.25, 0.3) is 0 Å². The highest BCUT2D eigenvalue weighted by atomic mass is 79.9. The molecule has 0 spiro atoms. The second-order valence-electron chi connectivity index (χ2n) is 8.31. The first kappa shape index (κ1) is 16.7. The van der Waals surface area contributed by atoms with Crippen LogP contribution in [-0.2, 0) is 6.42 Å². The molecule has 2 bridgehead atoms. The van der Waals surface area contributed by atoms with E-state index in [1.54, 1.807) is 0 Å². The Bertz CT molecular complexity index is 873. The summed E-state index contributed by atoms with van der Waals surface area (Å²) in [7, 11) is 0.